The molecule has 0 saturated carbocycles. The monoisotopic (exact) mass is 281 g/mol. The number of piperidine rings is 1. The van der Waals surface area contributed by atoms with Gasteiger partial charge in [0.1, 0.15) is 6.42 Å². The molecule has 110 valence electrons. The van der Waals surface area contributed by atoms with Crippen LogP contribution in [0.5, 0.6) is 0 Å². The molecule has 0 atom stereocenters. The average molecular weight is 281 g/mol. The highest BCUT2D eigenvalue weighted by Gasteiger charge is 2.41. The molecule has 19 heavy (non-hydrogen) atoms. The minimum atomic E-state index is -4.15. The van der Waals surface area contributed by atoms with Gasteiger partial charge in [-0.15, -0.1) is 0 Å². The smallest absolute Gasteiger partial charge is 0.391 e. The summed E-state index contributed by atoms with van der Waals surface area (Å²) in [6, 6.07) is 0. The van der Waals surface area contributed by atoms with E-state index < -0.39 is 18.1 Å². The summed E-state index contributed by atoms with van der Waals surface area (Å²) in [7, 11) is 0. The van der Waals surface area contributed by atoms with Crippen molar-refractivity contribution in [2.75, 3.05) is 26.2 Å². The fourth-order valence-corrected chi connectivity index (χ4v) is 2.10. The maximum Gasteiger partial charge on any atom is 0.391 e. The van der Waals surface area contributed by atoms with Crippen LogP contribution in [0.2, 0.25) is 0 Å². The van der Waals surface area contributed by atoms with E-state index in [2.05, 4.69) is 4.74 Å². The van der Waals surface area contributed by atoms with Gasteiger partial charge in [0.15, 0.2) is 5.78 Å². The summed E-state index contributed by atoms with van der Waals surface area (Å²) in [6.07, 6.45) is -4.44. The molecule has 0 aromatic carbocycles. The first-order chi connectivity index (χ1) is 8.82. The van der Waals surface area contributed by atoms with Crippen LogP contribution in [0.4, 0.5) is 13.2 Å². The van der Waals surface area contributed by atoms with Crippen LogP contribution in [-0.4, -0.2) is 49.1 Å². The number of carbonyl (C=O) groups excluding carboxylic acids is 2. The van der Waals surface area contributed by atoms with E-state index in [0.29, 0.717) is 0 Å². The number of ketones is 1. The van der Waals surface area contributed by atoms with E-state index in [1.165, 1.54) is 0 Å². The van der Waals surface area contributed by atoms with E-state index in [-0.39, 0.29) is 51.3 Å². The summed E-state index contributed by atoms with van der Waals surface area (Å²) in [4.78, 5) is 24.2. The number of ether oxygens (including phenoxy) is 1. The second-order valence-electron chi connectivity index (χ2n) is 4.61. The van der Waals surface area contributed by atoms with Crippen LogP contribution in [0.25, 0.3) is 0 Å². The molecule has 1 aliphatic heterocycles. The molecular formula is C12H18F3NO3. The van der Waals surface area contributed by atoms with E-state index in [4.69, 9.17) is 0 Å². The molecule has 0 aromatic rings. The van der Waals surface area contributed by atoms with Gasteiger partial charge < -0.3 is 4.74 Å². The SMILES string of the molecule is CCOC(=O)CC(=O)CN1CCC(C(F)(F)F)CC1. The Balaban J connectivity index is 2.29. The largest absolute Gasteiger partial charge is 0.466 e. The molecule has 7 heteroatoms. The van der Waals surface area contributed by atoms with Gasteiger partial charge in [0.25, 0.3) is 0 Å². The van der Waals surface area contributed by atoms with Crippen molar-refractivity contribution < 1.29 is 27.5 Å². The first-order valence-electron chi connectivity index (χ1n) is 6.29. The van der Waals surface area contributed by atoms with Crippen LogP contribution in [0.3, 0.4) is 0 Å². The third kappa shape index (κ3) is 5.59. The van der Waals surface area contributed by atoms with Gasteiger partial charge in [0, 0.05) is 0 Å². The van der Waals surface area contributed by atoms with Gasteiger partial charge in [-0.25, -0.2) is 0 Å². The lowest BCUT2D eigenvalue weighted by atomic mass is 9.96. The molecule has 1 rings (SSSR count). The van der Waals surface area contributed by atoms with Crippen molar-refractivity contribution in [1.29, 1.82) is 0 Å². The topological polar surface area (TPSA) is 46.6 Å². The molecule has 0 unspecified atom stereocenters. The number of Topliss-reactive ketones (excluding diaryl/α,β-unsaturated/α-hetero) is 1. The third-order valence-corrected chi connectivity index (χ3v) is 3.10. The molecule has 1 aliphatic rings. The van der Waals surface area contributed by atoms with Gasteiger partial charge in [-0.1, -0.05) is 0 Å². The van der Waals surface area contributed by atoms with Crippen molar-refractivity contribution in [3.63, 3.8) is 0 Å². The molecule has 0 N–H and O–H groups in total. The number of hydrogen-bond donors (Lipinski definition) is 0. The summed E-state index contributed by atoms with van der Waals surface area (Å²) in [5.41, 5.74) is 0. The van der Waals surface area contributed by atoms with E-state index >= 15 is 0 Å². The summed E-state index contributed by atoms with van der Waals surface area (Å²) in [6.45, 7) is 2.34. The summed E-state index contributed by atoms with van der Waals surface area (Å²) in [5.74, 6) is -2.18. The van der Waals surface area contributed by atoms with E-state index in [1.807, 2.05) is 0 Å². The van der Waals surface area contributed by atoms with Crippen molar-refractivity contribution in [3.8, 4) is 0 Å². The predicted molar refractivity (Wildman–Crippen MR) is 61.5 cm³/mol. The average Bonchev–Trinajstić information content (AvgIpc) is 2.28. The Morgan fingerprint density at radius 1 is 1.26 bits per heavy atom. The molecule has 0 spiro atoms. The second kappa shape index (κ2) is 6.88. The fourth-order valence-electron chi connectivity index (χ4n) is 2.10. The Morgan fingerprint density at radius 2 is 1.84 bits per heavy atom. The molecule has 0 bridgehead atoms. The summed E-state index contributed by atoms with van der Waals surface area (Å²) in [5, 5.41) is 0. The van der Waals surface area contributed by atoms with Crippen molar-refractivity contribution in [2.24, 2.45) is 5.92 Å². The Bertz CT molecular complexity index is 323. The molecule has 0 amide bonds. The number of halogens is 3. The summed E-state index contributed by atoms with van der Waals surface area (Å²) < 4.78 is 42.0. The number of likely N-dealkylation sites (tertiary alicyclic amines) is 1. The highest BCUT2D eigenvalue weighted by Crippen LogP contribution is 2.33. The number of nitrogens with zero attached hydrogens (tertiary/aromatic N) is 1. The minimum absolute atomic E-state index is 0.0101. The van der Waals surface area contributed by atoms with Crippen LogP contribution in [0.1, 0.15) is 26.2 Å². The zero-order chi connectivity index (χ0) is 14.5. The zero-order valence-corrected chi connectivity index (χ0v) is 10.8. The maximum atomic E-state index is 12.4. The summed E-state index contributed by atoms with van der Waals surface area (Å²) >= 11 is 0. The highest BCUT2D eigenvalue weighted by atomic mass is 19.4. The molecular weight excluding hydrogens is 263 g/mol. The first-order valence-corrected chi connectivity index (χ1v) is 6.29. The standard InChI is InChI=1S/C12H18F3NO3/c1-2-19-11(18)7-10(17)8-16-5-3-9(4-6-16)12(13,14)15/h9H,2-8H2,1H3. The Kier molecular flexibility index (Phi) is 5.78. The van der Waals surface area contributed by atoms with Gasteiger partial charge in [0.05, 0.1) is 19.1 Å². The van der Waals surface area contributed by atoms with E-state index in [9.17, 15) is 22.8 Å². The van der Waals surface area contributed by atoms with Crippen molar-refractivity contribution >= 4 is 11.8 Å². The van der Waals surface area contributed by atoms with E-state index in [1.54, 1.807) is 11.8 Å². The normalized spacial score (nSPS) is 18.3. The molecule has 0 aliphatic carbocycles. The lowest BCUT2D eigenvalue weighted by Gasteiger charge is -2.32. The zero-order valence-electron chi connectivity index (χ0n) is 10.8. The number of alkyl halides is 3. The van der Waals surface area contributed by atoms with Crippen molar-refractivity contribution in [1.82, 2.24) is 4.90 Å². The van der Waals surface area contributed by atoms with Gasteiger partial charge in [0.2, 0.25) is 0 Å². The molecule has 1 heterocycles. The Morgan fingerprint density at radius 3 is 2.32 bits per heavy atom. The van der Waals surface area contributed by atoms with Gasteiger partial charge in [-0.3, -0.25) is 14.5 Å². The number of hydrogen-bond acceptors (Lipinski definition) is 4. The number of esters is 1. The van der Waals surface area contributed by atoms with Gasteiger partial charge in [-0.2, -0.15) is 13.2 Å². The van der Waals surface area contributed by atoms with Crippen LogP contribution < -0.4 is 0 Å². The van der Waals surface area contributed by atoms with E-state index in [0.717, 1.165) is 0 Å². The van der Waals surface area contributed by atoms with Crippen molar-refractivity contribution in [2.45, 2.75) is 32.4 Å². The lowest BCUT2D eigenvalue weighted by Crippen LogP contribution is -2.41. The number of rotatable bonds is 5. The van der Waals surface area contributed by atoms with Gasteiger partial charge in [-0.05, 0) is 32.9 Å². The number of carbonyl (C=O) groups is 2. The van der Waals surface area contributed by atoms with Crippen LogP contribution >= 0.6 is 0 Å². The quantitative estimate of drug-likeness (QED) is 0.569. The van der Waals surface area contributed by atoms with Crippen LogP contribution in [0, 0.1) is 5.92 Å². The highest BCUT2D eigenvalue weighted by molar-refractivity contribution is 5.96. The van der Waals surface area contributed by atoms with Crippen molar-refractivity contribution in [3.05, 3.63) is 0 Å². The third-order valence-electron chi connectivity index (χ3n) is 3.10. The molecule has 4 nitrogen and oxygen atoms in total. The molecule has 1 fully saturated rings. The lowest BCUT2D eigenvalue weighted by molar-refractivity contribution is -0.184. The molecule has 0 aromatic heterocycles. The molecule has 0 radical (unpaired) electrons. The minimum Gasteiger partial charge on any atom is -0.466 e. The first kappa shape index (κ1) is 15.9. The second-order valence-corrected chi connectivity index (χ2v) is 4.61. The fraction of sp³-hybridized carbons (Fsp3) is 0.833. The Labute approximate surface area is 109 Å². The van der Waals surface area contributed by atoms with Gasteiger partial charge >= 0.3 is 12.1 Å². The Hall–Kier alpha value is -1.11. The maximum absolute atomic E-state index is 12.4. The van der Waals surface area contributed by atoms with Crippen LogP contribution in [-0.2, 0) is 14.3 Å². The molecule has 1 saturated heterocycles. The van der Waals surface area contributed by atoms with Crippen LogP contribution in [0.15, 0.2) is 0 Å². The predicted octanol–water partition coefficient (Wildman–Crippen LogP) is 1.78.